The van der Waals surface area contributed by atoms with Crippen molar-refractivity contribution in [2.45, 2.75) is 70.1 Å². The zero-order chi connectivity index (χ0) is 21.2. The average Bonchev–Trinajstić information content (AvgIpc) is 3.48. The second-order valence-corrected chi connectivity index (χ2v) is 9.71. The summed E-state index contributed by atoms with van der Waals surface area (Å²) in [4.78, 5) is 29.8. The lowest BCUT2D eigenvalue weighted by molar-refractivity contribution is -0.133. The van der Waals surface area contributed by atoms with Crippen LogP contribution in [0, 0.1) is 5.92 Å². The minimum atomic E-state index is 0.110. The molecule has 0 radical (unpaired) electrons. The van der Waals surface area contributed by atoms with E-state index in [0.29, 0.717) is 23.3 Å². The third-order valence-electron chi connectivity index (χ3n) is 7.68. The maximum Gasteiger partial charge on any atom is 0.257 e. The first-order chi connectivity index (χ1) is 15.2. The van der Waals surface area contributed by atoms with Gasteiger partial charge in [0.1, 0.15) is 0 Å². The van der Waals surface area contributed by atoms with Crippen LogP contribution in [0.3, 0.4) is 0 Å². The Labute approximate surface area is 184 Å². The number of amides is 2. The van der Waals surface area contributed by atoms with E-state index in [1.165, 1.54) is 37.7 Å². The number of rotatable bonds is 4. The van der Waals surface area contributed by atoms with E-state index in [-0.39, 0.29) is 5.91 Å². The molecule has 3 aliphatic rings. The maximum atomic E-state index is 13.1. The molecule has 0 spiro atoms. The molecule has 5 rings (SSSR count). The van der Waals surface area contributed by atoms with Gasteiger partial charge < -0.3 is 9.80 Å². The van der Waals surface area contributed by atoms with Gasteiger partial charge in [0.2, 0.25) is 5.91 Å². The fourth-order valence-corrected chi connectivity index (χ4v) is 5.74. The zero-order valence-electron chi connectivity index (χ0n) is 18.5. The van der Waals surface area contributed by atoms with E-state index in [0.717, 1.165) is 63.8 Å². The molecule has 0 bridgehead atoms. The number of pyridine rings is 1. The summed E-state index contributed by atoms with van der Waals surface area (Å²) in [5.41, 5.74) is 2.89. The van der Waals surface area contributed by atoms with E-state index in [2.05, 4.69) is 22.1 Å². The normalized spacial score (nSPS) is 21.2. The number of piperidine rings is 2. The summed E-state index contributed by atoms with van der Waals surface area (Å²) >= 11 is 0. The topological polar surface area (TPSA) is 57.9 Å². The number of carbonyl (C=O) groups excluding carboxylic acids is 2. The minimum Gasteiger partial charge on any atom is -0.343 e. The summed E-state index contributed by atoms with van der Waals surface area (Å²) in [5.74, 6) is 1.52. The molecule has 4 heterocycles. The van der Waals surface area contributed by atoms with Crippen LogP contribution in [0.2, 0.25) is 0 Å². The Morgan fingerprint density at radius 2 is 1.65 bits per heavy atom. The highest BCUT2D eigenvalue weighted by Gasteiger charge is 2.27. The smallest absolute Gasteiger partial charge is 0.257 e. The van der Waals surface area contributed by atoms with Gasteiger partial charge in [-0.15, -0.1) is 0 Å². The molecule has 31 heavy (non-hydrogen) atoms. The summed E-state index contributed by atoms with van der Waals surface area (Å²) in [6.45, 7) is 3.40. The molecule has 6 heteroatoms. The van der Waals surface area contributed by atoms with Crippen LogP contribution in [0.15, 0.2) is 24.5 Å². The number of fused-ring (bicyclic) bond motifs is 1. The Morgan fingerprint density at radius 3 is 2.39 bits per heavy atom. The zero-order valence-corrected chi connectivity index (χ0v) is 18.5. The predicted molar refractivity (Wildman–Crippen MR) is 120 cm³/mol. The number of carbonyl (C=O) groups is 2. The molecule has 3 fully saturated rings. The van der Waals surface area contributed by atoms with Gasteiger partial charge in [0.05, 0.1) is 17.3 Å². The van der Waals surface area contributed by atoms with Crippen molar-refractivity contribution in [3.8, 4) is 0 Å². The second kappa shape index (κ2) is 9.01. The summed E-state index contributed by atoms with van der Waals surface area (Å²) in [7, 11) is 0. The van der Waals surface area contributed by atoms with Gasteiger partial charge in [-0.25, -0.2) is 4.52 Å². The maximum absolute atomic E-state index is 13.1. The molecule has 166 valence electrons. The average molecular weight is 423 g/mol. The number of nitrogens with zero attached hydrogens (tertiary/aromatic N) is 4. The van der Waals surface area contributed by atoms with E-state index >= 15 is 0 Å². The van der Waals surface area contributed by atoms with Crippen molar-refractivity contribution in [2.75, 3.05) is 26.2 Å². The molecule has 0 atom stereocenters. The molecular formula is C25H34N4O2. The molecule has 2 aliphatic heterocycles. The Balaban J connectivity index is 1.25. The number of likely N-dealkylation sites (tertiary alicyclic amines) is 2. The Morgan fingerprint density at radius 1 is 0.903 bits per heavy atom. The number of hydrogen-bond donors (Lipinski definition) is 0. The highest BCUT2D eigenvalue weighted by molar-refractivity contribution is 6.00. The van der Waals surface area contributed by atoms with Crippen LogP contribution < -0.4 is 0 Å². The lowest BCUT2D eigenvalue weighted by atomic mass is 9.89. The summed E-state index contributed by atoms with van der Waals surface area (Å²) < 4.78 is 1.82. The van der Waals surface area contributed by atoms with Crippen LogP contribution in [0.25, 0.3) is 5.52 Å². The molecule has 2 aromatic rings. The monoisotopic (exact) mass is 422 g/mol. The quantitative estimate of drug-likeness (QED) is 0.740. The molecular weight excluding hydrogens is 388 g/mol. The first kappa shape index (κ1) is 20.5. The van der Waals surface area contributed by atoms with Crippen molar-refractivity contribution in [3.05, 3.63) is 35.7 Å². The van der Waals surface area contributed by atoms with E-state index in [9.17, 15) is 9.59 Å². The highest BCUT2D eigenvalue weighted by Crippen LogP contribution is 2.32. The van der Waals surface area contributed by atoms with Crippen molar-refractivity contribution >= 4 is 17.3 Å². The van der Waals surface area contributed by atoms with Crippen molar-refractivity contribution < 1.29 is 9.59 Å². The first-order valence-corrected chi connectivity index (χ1v) is 12.2. The van der Waals surface area contributed by atoms with Crippen molar-refractivity contribution in [1.29, 1.82) is 0 Å². The molecule has 2 aromatic heterocycles. The van der Waals surface area contributed by atoms with Crippen LogP contribution in [-0.2, 0) is 4.79 Å². The van der Waals surface area contributed by atoms with Crippen molar-refractivity contribution in [1.82, 2.24) is 19.4 Å². The highest BCUT2D eigenvalue weighted by atomic mass is 16.2. The predicted octanol–water partition coefficient (Wildman–Crippen LogP) is 4.25. The first-order valence-electron chi connectivity index (χ1n) is 12.2. The fourth-order valence-electron chi connectivity index (χ4n) is 5.74. The van der Waals surface area contributed by atoms with Crippen LogP contribution in [0.1, 0.15) is 86.0 Å². The van der Waals surface area contributed by atoms with Gasteiger partial charge in [-0.3, -0.25) is 9.59 Å². The molecule has 0 aromatic carbocycles. The Kier molecular flexibility index (Phi) is 5.97. The van der Waals surface area contributed by atoms with Gasteiger partial charge in [-0.1, -0.05) is 12.8 Å². The largest absolute Gasteiger partial charge is 0.343 e. The number of aromatic nitrogens is 2. The van der Waals surface area contributed by atoms with Gasteiger partial charge >= 0.3 is 0 Å². The van der Waals surface area contributed by atoms with Gasteiger partial charge in [0, 0.05) is 38.8 Å². The lowest BCUT2D eigenvalue weighted by Crippen LogP contribution is -2.38. The van der Waals surface area contributed by atoms with Gasteiger partial charge in [-0.05, 0) is 74.5 Å². The second-order valence-electron chi connectivity index (χ2n) is 9.71. The standard InChI is InChI=1S/C25H34N4O2/c30-24(16-19-6-2-3-7-19)27-13-8-20(9-14-27)21-10-15-29-23(17-21)22(18-26-29)25(31)28-11-4-1-5-12-28/h10,15,17-20H,1-9,11-14,16H2. The van der Waals surface area contributed by atoms with E-state index < -0.39 is 0 Å². The van der Waals surface area contributed by atoms with E-state index in [1.54, 1.807) is 6.20 Å². The van der Waals surface area contributed by atoms with Crippen molar-refractivity contribution in [3.63, 3.8) is 0 Å². The van der Waals surface area contributed by atoms with Crippen LogP contribution in [0.5, 0.6) is 0 Å². The summed E-state index contributed by atoms with van der Waals surface area (Å²) in [5, 5.41) is 4.42. The van der Waals surface area contributed by atoms with Gasteiger partial charge in [0.15, 0.2) is 0 Å². The molecule has 1 saturated carbocycles. The Bertz CT molecular complexity index is 932. The molecule has 2 saturated heterocycles. The van der Waals surface area contributed by atoms with Crippen LogP contribution in [-0.4, -0.2) is 57.4 Å². The fraction of sp³-hybridized carbons (Fsp3) is 0.640. The van der Waals surface area contributed by atoms with E-state index in [4.69, 9.17) is 0 Å². The van der Waals surface area contributed by atoms with Crippen LogP contribution >= 0.6 is 0 Å². The third-order valence-corrected chi connectivity index (χ3v) is 7.68. The summed E-state index contributed by atoms with van der Waals surface area (Å²) in [6, 6.07) is 4.29. The minimum absolute atomic E-state index is 0.110. The lowest BCUT2D eigenvalue weighted by Gasteiger charge is -2.33. The van der Waals surface area contributed by atoms with E-state index in [1.807, 2.05) is 15.6 Å². The molecule has 1 aliphatic carbocycles. The molecule has 0 N–H and O–H groups in total. The Hall–Kier alpha value is -2.37. The number of hydrogen-bond acceptors (Lipinski definition) is 3. The van der Waals surface area contributed by atoms with Crippen LogP contribution in [0.4, 0.5) is 0 Å². The SMILES string of the molecule is O=C(CC1CCCC1)N1CCC(c2ccn3ncc(C(=O)N4CCCCC4)c3c2)CC1. The van der Waals surface area contributed by atoms with Gasteiger partial charge in [-0.2, -0.15) is 5.10 Å². The molecule has 2 amide bonds. The third kappa shape index (κ3) is 4.35. The van der Waals surface area contributed by atoms with Gasteiger partial charge in [0.25, 0.3) is 5.91 Å². The molecule has 0 unspecified atom stereocenters. The molecule has 6 nitrogen and oxygen atoms in total. The summed E-state index contributed by atoms with van der Waals surface area (Å²) in [6.07, 6.45) is 14.9. The van der Waals surface area contributed by atoms with Crippen molar-refractivity contribution in [2.24, 2.45) is 5.92 Å².